The minimum Gasteiger partial charge on any atom is -0.211 e. The first kappa shape index (κ1) is 14.5. The molecule has 2 unspecified atom stereocenters. The maximum atomic E-state index is 12.8. The maximum Gasteiger partial charge on any atom is 0.240 e. The Morgan fingerprint density at radius 2 is 1.95 bits per heavy atom. The van der Waals surface area contributed by atoms with Gasteiger partial charge in [-0.05, 0) is 48.9 Å². The summed E-state index contributed by atoms with van der Waals surface area (Å²) in [6.07, 6.45) is 4.24. The SMILES string of the molecule is [CH2]C1CCCC(CNS(=O)(=O)c2ccc(F)cc2)C1. The molecule has 105 valence electrons. The number of sulfonamides is 1. The van der Waals surface area contributed by atoms with Crippen molar-refractivity contribution in [1.29, 1.82) is 0 Å². The average molecular weight is 284 g/mol. The topological polar surface area (TPSA) is 46.2 Å². The van der Waals surface area contributed by atoms with E-state index < -0.39 is 15.8 Å². The quantitative estimate of drug-likeness (QED) is 0.924. The van der Waals surface area contributed by atoms with Crippen LogP contribution in [-0.4, -0.2) is 15.0 Å². The molecular formula is C14H19FNO2S. The molecule has 1 aromatic rings. The smallest absolute Gasteiger partial charge is 0.211 e. The number of hydrogen-bond acceptors (Lipinski definition) is 2. The predicted molar refractivity (Wildman–Crippen MR) is 72.4 cm³/mol. The van der Waals surface area contributed by atoms with E-state index in [0.717, 1.165) is 37.8 Å². The Bertz CT molecular complexity index is 513. The number of halogens is 1. The van der Waals surface area contributed by atoms with Gasteiger partial charge in [-0.2, -0.15) is 0 Å². The summed E-state index contributed by atoms with van der Waals surface area (Å²) in [5.74, 6) is 0.340. The summed E-state index contributed by atoms with van der Waals surface area (Å²) in [6, 6.07) is 4.87. The highest BCUT2D eigenvalue weighted by Crippen LogP contribution is 2.28. The van der Waals surface area contributed by atoms with Crippen LogP contribution >= 0.6 is 0 Å². The fourth-order valence-electron chi connectivity index (χ4n) is 2.51. The summed E-state index contributed by atoms with van der Waals surface area (Å²) in [6.45, 7) is 4.48. The van der Waals surface area contributed by atoms with Crippen molar-refractivity contribution in [2.24, 2.45) is 11.8 Å². The second-order valence-electron chi connectivity index (χ2n) is 5.20. The lowest BCUT2D eigenvalue weighted by Crippen LogP contribution is -2.31. The van der Waals surface area contributed by atoms with Gasteiger partial charge in [0.1, 0.15) is 5.82 Å². The molecule has 2 atom stereocenters. The Labute approximate surface area is 114 Å². The molecule has 5 heteroatoms. The van der Waals surface area contributed by atoms with E-state index in [0.29, 0.717) is 18.4 Å². The Hall–Kier alpha value is -0.940. The summed E-state index contributed by atoms with van der Waals surface area (Å²) in [7, 11) is -3.53. The Balaban J connectivity index is 1.96. The molecule has 0 spiro atoms. The third kappa shape index (κ3) is 4.01. The van der Waals surface area contributed by atoms with Crippen LogP contribution in [0.2, 0.25) is 0 Å². The molecule has 0 saturated heterocycles. The molecule has 0 heterocycles. The maximum absolute atomic E-state index is 12.8. The molecule has 1 radical (unpaired) electrons. The highest BCUT2D eigenvalue weighted by Gasteiger charge is 2.21. The molecule has 0 aliphatic heterocycles. The summed E-state index contributed by atoms with van der Waals surface area (Å²) in [5, 5.41) is 0. The number of benzene rings is 1. The predicted octanol–water partition coefficient (Wildman–Crippen LogP) is 2.74. The van der Waals surface area contributed by atoms with Gasteiger partial charge in [-0.3, -0.25) is 0 Å². The molecule has 1 saturated carbocycles. The van der Waals surface area contributed by atoms with Crippen LogP contribution < -0.4 is 4.72 Å². The number of rotatable bonds is 4. The van der Waals surface area contributed by atoms with Gasteiger partial charge in [0.25, 0.3) is 0 Å². The van der Waals surface area contributed by atoms with E-state index in [1.54, 1.807) is 0 Å². The van der Waals surface area contributed by atoms with Gasteiger partial charge in [0, 0.05) is 6.54 Å². The molecular weight excluding hydrogens is 265 g/mol. The van der Waals surface area contributed by atoms with E-state index >= 15 is 0 Å². The van der Waals surface area contributed by atoms with Gasteiger partial charge in [0.2, 0.25) is 10.0 Å². The fourth-order valence-corrected chi connectivity index (χ4v) is 3.63. The molecule has 1 N–H and O–H groups in total. The van der Waals surface area contributed by atoms with Crippen LogP contribution in [0.15, 0.2) is 29.2 Å². The van der Waals surface area contributed by atoms with Crippen molar-refractivity contribution >= 4 is 10.0 Å². The molecule has 0 bridgehead atoms. The molecule has 19 heavy (non-hydrogen) atoms. The van der Waals surface area contributed by atoms with Gasteiger partial charge >= 0.3 is 0 Å². The molecule has 0 aromatic heterocycles. The third-order valence-corrected chi connectivity index (χ3v) is 5.02. The number of nitrogens with one attached hydrogen (secondary N) is 1. The van der Waals surface area contributed by atoms with Gasteiger partial charge in [-0.1, -0.05) is 19.8 Å². The molecule has 1 fully saturated rings. The monoisotopic (exact) mass is 284 g/mol. The lowest BCUT2D eigenvalue weighted by Gasteiger charge is -2.26. The number of hydrogen-bond donors (Lipinski definition) is 1. The molecule has 0 amide bonds. The van der Waals surface area contributed by atoms with Crippen molar-refractivity contribution < 1.29 is 12.8 Å². The first-order valence-electron chi connectivity index (χ1n) is 6.55. The summed E-state index contributed by atoms with van der Waals surface area (Å²) >= 11 is 0. The van der Waals surface area contributed by atoms with E-state index in [2.05, 4.69) is 11.6 Å². The highest BCUT2D eigenvalue weighted by atomic mass is 32.2. The van der Waals surface area contributed by atoms with E-state index in [9.17, 15) is 12.8 Å². The zero-order chi connectivity index (χ0) is 13.9. The average Bonchev–Trinajstić information content (AvgIpc) is 2.37. The Kier molecular flexibility index (Phi) is 4.58. The second kappa shape index (κ2) is 6.01. The van der Waals surface area contributed by atoms with Gasteiger partial charge < -0.3 is 0 Å². The zero-order valence-corrected chi connectivity index (χ0v) is 11.6. The van der Waals surface area contributed by atoms with Crippen molar-refractivity contribution in [1.82, 2.24) is 4.72 Å². The van der Waals surface area contributed by atoms with Crippen LogP contribution in [0, 0.1) is 24.6 Å². The minimum absolute atomic E-state index is 0.107. The van der Waals surface area contributed by atoms with E-state index in [1.807, 2.05) is 0 Å². The van der Waals surface area contributed by atoms with Crippen LogP contribution in [-0.2, 0) is 10.0 Å². The first-order valence-corrected chi connectivity index (χ1v) is 8.04. The zero-order valence-electron chi connectivity index (χ0n) is 10.8. The van der Waals surface area contributed by atoms with Gasteiger partial charge in [-0.25, -0.2) is 17.5 Å². The molecule has 2 rings (SSSR count). The highest BCUT2D eigenvalue weighted by molar-refractivity contribution is 7.89. The van der Waals surface area contributed by atoms with Crippen LogP contribution in [0.1, 0.15) is 25.7 Å². The second-order valence-corrected chi connectivity index (χ2v) is 6.97. The van der Waals surface area contributed by atoms with Gasteiger partial charge in [0.05, 0.1) is 4.90 Å². The lowest BCUT2D eigenvalue weighted by molar-refractivity contribution is 0.303. The Morgan fingerprint density at radius 3 is 2.58 bits per heavy atom. The van der Waals surface area contributed by atoms with Crippen molar-refractivity contribution in [2.75, 3.05) is 6.54 Å². The lowest BCUT2D eigenvalue weighted by atomic mass is 9.83. The van der Waals surface area contributed by atoms with Crippen molar-refractivity contribution in [3.05, 3.63) is 37.0 Å². The molecule has 1 aromatic carbocycles. The molecule has 1 aliphatic rings. The van der Waals surface area contributed by atoms with Crippen molar-refractivity contribution in [2.45, 2.75) is 30.6 Å². The fraction of sp³-hybridized carbons (Fsp3) is 0.500. The minimum atomic E-state index is -3.53. The largest absolute Gasteiger partial charge is 0.240 e. The van der Waals surface area contributed by atoms with Gasteiger partial charge in [-0.15, -0.1) is 0 Å². The molecule has 3 nitrogen and oxygen atoms in total. The molecule has 1 aliphatic carbocycles. The van der Waals surface area contributed by atoms with Crippen LogP contribution in [0.3, 0.4) is 0 Å². The third-order valence-electron chi connectivity index (χ3n) is 3.58. The van der Waals surface area contributed by atoms with E-state index in [-0.39, 0.29) is 4.90 Å². The van der Waals surface area contributed by atoms with Crippen LogP contribution in [0.5, 0.6) is 0 Å². The van der Waals surface area contributed by atoms with Crippen LogP contribution in [0.4, 0.5) is 4.39 Å². The summed E-state index contributed by atoms with van der Waals surface area (Å²) < 4.78 is 39.4. The van der Waals surface area contributed by atoms with Crippen molar-refractivity contribution in [3.8, 4) is 0 Å². The first-order chi connectivity index (χ1) is 8.97. The van der Waals surface area contributed by atoms with Crippen LogP contribution in [0.25, 0.3) is 0 Å². The van der Waals surface area contributed by atoms with E-state index in [4.69, 9.17) is 0 Å². The van der Waals surface area contributed by atoms with E-state index in [1.165, 1.54) is 12.1 Å². The Morgan fingerprint density at radius 1 is 1.26 bits per heavy atom. The normalized spacial score (nSPS) is 24.3. The summed E-state index contributed by atoms with van der Waals surface area (Å²) in [5.41, 5.74) is 0. The standard InChI is InChI=1S/C14H19FNO2S/c1-11-3-2-4-12(9-11)10-16-19(17,18)14-7-5-13(15)6-8-14/h5-8,11-12,16H,1-4,9-10H2. The van der Waals surface area contributed by atoms with Crippen molar-refractivity contribution in [3.63, 3.8) is 0 Å². The summed E-state index contributed by atoms with van der Waals surface area (Å²) in [4.78, 5) is 0.107. The van der Waals surface area contributed by atoms with Gasteiger partial charge in [0.15, 0.2) is 0 Å².